The second-order valence-electron chi connectivity index (χ2n) is 4.86. The summed E-state index contributed by atoms with van der Waals surface area (Å²) >= 11 is 0. The topological polar surface area (TPSA) is 52.4 Å². The third kappa shape index (κ3) is 3.35. The maximum absolute atomic E-state index is 13.8. The van der Waals surface area contributed by atoms with E-state index in [1.54, 1.807) is 12.1 Å². The van der Waals surface area contributed by atoms with Crippen LogP contribution in [-0.4, -0.2) is 4.92 Å². The first-order valence-electron chi connectivity index (χ1n) is 6.91. The molecule has 5 heteroatoms. The van der Waals surface area contributed by atoms with Crippen molar-refractivity contribution in [3.63, 3.8) is 0 Å². The average Bonchev–Trinajstić information content (AvgIpc) is 2.58. The van der Waals surface area contributed by atoms with Gasteiger partial charge in [-0.1, -0.05) is 42.5 Å². The molecular weight excluding hydrogens is 297 g/mol. The average molecular weight is 309 g/mol. The lowest BCUT2D eigenvalue weighted by molar-refractivity contribution is -0.385. The number of benzene rings is 3. The van der Waals surface area contributed by atoms with Gasteiger partial charge in [0.25, 0.3) is 5.69 Å². The van der Waals surface area contributed by atoms with Crippen LogP contribution in [-0.2, 0) is 0 Å². The van der Waals surface area contributed by atoms with Gasteiger partial charge in [0.05, 0.1) is 11.0 Å². The highest BCUT2D eigenvalue weighted by molar-refractivity contribution is 5.64. The number of rotatable bonds is 4. The number of non-ortho nitro benzene ring substituents is 1. The predicted octanol–water partition coefficient (Wildman–Crippen LogP) is 5.19. The Kier molecular flexibility index (Phi) is 4.01. The Balaban J connectivity index is 1.80. The van der Waals surface area contributed by atoms with Crippen molar-refractivity contribution in [2.45, 2.75) is 0 Å². The Bertz CT molecular complexity index is 833. The molecule has 0 N–H and O–H groups in total. The molecule has 0 saturated carbocycles. The molecule has 23 heavy (non-hydrogen) atoms. The van der Waals surface area contributed by atoms with Gasteiger partial charge in [-0.15, -0.1) is 0 Å². The normalized spacial score (nSPS) is 10.3. The van der Waals surface area contributed by atoms with Gasteiger partial charge in [0, 0.05) is 6.07 Å². The number of hydrogen-bond acceptors (Lipinski definition) is 3. The van der Waals surface area contributed by atoms with Gasteiger partial charge in [-0.05, 0) is 29.3 Å². The number of nitrogens with zero attached hydrogens (tertiary/aromatic N) is 1. The van der Waals surface area contributed by atoms with Crippen molar-refractivity contribution >= 4 is 5.69 Å². The molecule has 3 rings (SSSR count). The molecule has 3 aromatic carbocycles. The minimum atomic E-state index is -0.772. The maximum atomic E-state index is 13.8. The van der Waals surface area contributed by atoms with Crippen LogP contribution in [0.2, 0.25) is 0 Å². The molecule has 0 radical (unpaired) electrons. The van der Waals surface area contributed by atoms with Crippen LogP contribution in [0, 0.1) is 15.9 Å². The van der Waals surface area contributed by atoms with E-state index in [9.17, 15) is 14.5 Å². The van der Waals surface area contributed by atoms with Crippen molar-refractivity contribution < 1.29 is 14.1 Å². The molecule has 0 aliphatic rings. The summed E-state index contributed by atoms with van der Waals surface area (Å²) in [5.41, 5.74) is 1.77. The highest BCUT2D eigenvalue weighted by atomic mass is 19.1. The zero-order chi connectivity index (χ0) is 16.2. The van der Waals surface area contributed by atoms with Crippen LogP contribution in [0.5, 0.6) is 11.5 Å². The molecule has 114 valence electrons. The molecule has 0 heterocycles. The summed E-state index contributed by atoms with van der Waals surface area (Å²) in [7, 11) is 0. The SMILES string of the molecule is O=[N+]([O-])c1ccc(Oc2ccc(-c3ccccc3)cc2)c(F)c1. The molecule has 0 amide bonds. The molecule has 3 aromatic rings. The van der Waals surface area contributed by atoms with Crippen LogP contribution in [0.3, 0.4) is 0 Å². The third-order valence-electron chi connectivity index (χ3n) is 3.32. The van der Waals surface area contributed by atoms with E-state index in [1.165, 1.54) is 12.1 Å². The van der Waals surface area contributed by atoms with E-state index in [0.29, 0.717) is 5.75 Å². The molecule has 0 fully saturated rings. The van der Waals surface area contributed by atoms with Crippen molar-refractivity contribution in [1.82, 2.24) is 0 Å². The van der Waals surface area contributed by atoms with Crippen molar-refractivity contribution in [2.24, 2.45) is 0 Å². The Labute approximate surface area is 131 Å². The smallest absolute Gasteiger partial charge is 0.272 e. The second kappa shape index (κ2) is 6.27. The maximum Gasteiger partial charge on any atom is 0.272 e. The van der Waals surface area contributed by atoms with Gasteiger partial charge >= 0.3 is 0 Å². The molecular formula is C18H12FNO3. The lowest BCUT2D eigenvalue weighted by Crippen LogP contribution is -1.92. The Hall–Kier alpha value is -3.21. The van der Waals surface area contributed by atoms with Gasteiger partial charge in [0.2, 0.25) is 0 Å². The molecule has 4 nitrogen and oxygen atoms in total. The minimum absolute atomic E-state index is 0.0527. The summed E-state index contributed by atoms with van der Waals surface area (Å²) in [5, 5.41) is 10.6. The predicted molar refractivity (Wildman–Crippen MR) is 85.0 cm³/mol. The molecule has 0 bridgehead atoms. The van der Waals surface area contributed by atoms with E-state index in [2.05, 4.69) is 0 Å². The number of nitro benzene ring substituents is 1. The highest BCUT2D eigenvalue weighted by Gasteiger charge is 2.12. The quantitative estimate of drug-likeness (QED) is 0.492. The van der Waals surface area contributed by atoms with Crippen LogP contribution in [0.1, 0.15) is 0 Å². The Morgan fingerprint density at radius 3 is 2.13 bits per heavy atom. The molecule has 0 aromatic heterocycles. The zero-order valence-electron chi connectivity index (χ0n) is 12.0. The van der Waals surface area contributed by atoms with Crippen LogP contribution in [0.15, 0.2) is 72.8 Å². The lowest BCUT2D eigenvalue weighted by Gasteiger charge is -2.08. The first-order valence-corrected chi connectivity index (χ1v) is 6.91. The van der Waals surface area contributed by atoms with Crippen LogP contribution >= 0.6 is 0 Å². The van der Waals surface area contributed by atoms with E-state index in [-0.39, 0.29) is 11.4 Å². The number of halogens is 1. The van der Waals surface area contributed by atoms with Gasteiger partial charge in [-0.25, -0.2) is 4.39 Å². The summed E-state index contributed by atoms with van der Waals surface area (Å²) in [6, 6.07) is 20.3. The third-order valence-corrected chi connectivity index (χ3v) is 3.32. The summed E-state index contributed by atoms with van der Waals surface area (Å²) in [4.78, 5) is 9.94. The first-order chi connectivity index (χ1) is 11.1. The van der Waals surface area contributed by atoms with Crippen LogP contribution in [0.4, 0.5) is 10.1 Å². The Morgan fingerprint density at radius 1 is 0.870 bits per heavy atom. The fourth-order valence-electron chi connectivity index (χ4n) is 2.16. The standard InChI is InChI=1S/C18H12FNO3/c19-17-12-15(20(21)22)8-11-18(17)23-16-9-6-14(7-10-16)13-4-2-1-3-5-13/h1-12H. The van der Waals surface area contributed by atoms with Crippen LogP contribution < -0.4 is 4.74 Å². The lowest BCUT2D eigenvalue weighted by atomic mass is 10.1. The van der Waals surface area contributed by atoms with Gasteiger partial charge < -0.3 is 4.74 Å². The number of hydrogen-bond donors (Lipinski definition) is 0. The molecule has 0 spiro atoms. The molecule has 0 aliphatic heterocycles. The van der Waals surface area contributed by atoms with Gasteiger partial charge in [0.15, 0.2) is 11.6 Å². The van der Waals surface area contributed by atoms with E-state index < -0.39 is 10.7 Å². The monoisotopic (exact) mass is 309 g/mol. The largest absolute Gasteiger partial charge is 0.454 e. The van der Waals surface area contributed by atoms with E-state index in [1.807, 2.05) is 42.5 Å². The van der Waals surface area contributed by atoms with Crippen molar-refractivity contribution in [2.75, 3.05) is 0 Å². The van der Waals surface area contributed by atoms with E-state index >= 15 is 0 Å². The van der Waals surface area contributed by atoms with E-state index in [4.69, 9.17) is 4.74 Å². The number of ether oxygens (including phenoxy) is 1. The Morgan fingerprint density at radius 2 is 1.52 bits per heavy atom. The first kappa shape index (κ1) is 14.7. The summed E-state index contributed by atoms with van der Waals surface area (Å²) in [6.07, 6.45) is 0. The zero-order valence-corrected chi connectivity index (χ0v) is 12.0. The fourth-order valence-corrected chi connectivity index (χ4v) is 2.16. The molecule has 0 saturated heterocycles. The molecule has 0 aliphatic carbocycles. The van der Waals surface area contributed by atoms with Crippen LogP contribution in [0.25, 0.3) is 11.1 Å². The minimum Gasteiger partial charge on any atom is -0.454 e. The number of nitro groups is 1. The second-order valence-corrected chi connectivity index (χ2v) is 4.86. The summed E-state index contributed by atoms with van der Waals surface area (Å²) in [5.74, 6) is -0.369. The molecule has 0 atom stereocenters. The van der Waals surface area contributed by atoms with Gasteiger partial charge in [-0.2, -0.15) is 0 Å². The summed E-state index contributed by atoms with van der Waals surface area (Å²) < 4.78 is 19.2. The van der Waals surface area contributed by atoms with Gasteiger partial charge in [0.1, 0.15) is 5.75 Å². The summed E-state index contributed by atoms with van der Waals surface area (Å²) in [6.45, 7) is 0. The van der Waals surface area contributed by atoms with Crippen molar-refractivity contribution in [3.05, 3.63) is 88.7 Å². The van der Waals surface area contributed by atoms with Crippen molar-refractivity contribution in [1.29, 1.82) is 0 Å². The van der Waals surface area contributed by atoms with Gasteiger partial charge in [-0.3, -0.25) is 10.1 Å². The fraction of sp³-hybridized carbons (Fsp3) is 0. The van der Waals surface area contributed by atoms with Crippen molar-refractivity contribution in [3.8, 4) is 22.6 Å². The van der Waals surface area contributed by atoms with E-state index in [0.717, 1.165) is 17.2 Å². The molecule has 0 unspecified atom stereocenters. The highest BCUT2D eigenvalue weighted by Crippen LogP contribution is 2.29.